The fourth-order valence-corrected chi connectivity index (χ4v) is 6.48. The molecule has 194 valence electrons. The molecule has 0 aromatic heterocycles. The zero-order valence-electron chi connectivity index (χ0n) is 20.4. The summed E-state index contributed by atoms with van der Waals surface area (Å²) in [6.07, 6.45) is 1.11. The molecule has 36 heavy (non-hydrogen) atoms. The number of aliphatic hydroxyl groups excluding tert-OH is 1. The SMILES string of the molecule is C=C(N[C@@H](CCC(=O)OC1=CC[C@@]2(O)[C@H]3Cc4ccc(O)c5c4C2(CCN3C)C1O5)C(=O)O)[C@H](C)O. The molecule has 1 spiro atoms. The minimum Gasteiger partial charge on any atom is -0.504 e. The molecule has 2 bridgehead atoms. The fraction of sp³-hybridized carbons (Fsp3) is 0.538. The number of hydrogen-bond donors (Lipinski definition) is 5. The Labute approximate surface area is 208 Å². The molecule has 0 radical (unpaired) electrons. The minimum atomic E-state index is -1.18. The first-order valence-corrected chi connectivity index (χ1v) is 12.2. The number of likely N-dealkylation sites (tertiary alicyclic amines) is 1. The predicted octanol–water partition coefficient (Wildman–Crippen LogP) is 0.931. The number of phenols is 1. The monoisotopic (exact) mass is 500 g/mol. The van der Waals surface area contributed by atoms with Gasteiger partial charge in [-0.1, -0.05) is 12.6 Å². The van der Waals surface area contributed by atoms with Gasteiger partial charge < -0.3 is 40.1 Å². The topological polar surface area (TPSA) is 149 Å². The Kier molecular flexibility index (Phi) is 5.81. The molecule has 5 rings (SSSR count). The van der Waals surface area contributed by atoms with Crippen molar-refractivity contribution in [3.63, 3.8) is 0 Å². The van der Waals surface area contributed by atoms with Crippen molar-refractivity contribution >= 4 is 11.9 Å². The summed E-state index contributed by atoms with van der Waals surface area (Å²) in [5.74, 6) is -1.23. The van der Waals surface area contributed by atoms with Crippen LogP contribution in [0.4, 0.5) is 0 Å². The fourth-order valence-electron chi connectivity index (χ4n) is 6.48. The van der Waals surface area contributed by atoms with Crippen LogP contribution in [-0.4, -0.2) is 80.7 Å². The van der Waals surface area contributed by atoms with Crippen molar-refractivity contribution in [3.05, 3.63) is 47.4 Å². The van der Waals surface area contributed by atoms with E-state index in [1.807, 2.05) is 13.1 Å². The number of carboxylic acids is 1. The van der Waals surface area contributed by atoms with Crippen molar-refractivity contribution in [2.75, 3.05) is 13.6 Å². The second-order valence-corrected chi connectivity index (χ2v) is 10.4. The van der Waals surface area contributed by atoms with Gasteiger partial charge in [-0.15, -0.1) is 0 Å². The lowest BCUT2D eigenvalue weighted by atomic mass is 9.50. The number of likely N-dealkylation sites (N-methyl/N-ethyl adjacent to an activating group) is 1. The van der Waals surface area contributed by atoms with Crippen LogP contribution in [0.3, 0.4) is 0 Å². The average molecular weight is 501 g/mol. The van der Waals surface area contributed by atoms with Crippen LogP contribution in [0.1, 0.15) is 43.7 Å². The first-order valence-electron chi connectivity index (χ1n) is 12.2. The van der Waals surface area contributed by atoms with Gasteiger partial charge in [0.05, 0.1) is 17.1 Å². The van der Waals surface area contributed by atoms with Crippen molar-refractivity contribution in [2.24, 2.45) is 0 Å². The van der Waals surface area contributed by atoms with Crippen LogP contribution in [-0.2, 0) is 26.2 Å². The second-order valence-electron chi connectivity index (χ2n) is 10.4. The van der Waals surface area contributed by atoms with E-state index in [4.69, 9.17) is 9.47 Å². The first kappa shape index (κ1) is 24.6. The number of esters is 1. The van der Waals surface area contributed by atoms with Crippen LogP contribution < -0.4 is 10.1 Å². The number of carbonyl (C=O) groups excluding carboxylic acids is 1. The molecule has 0 amide bonds. The molecule has 10 heteroatoms. The molecule has 1 saturated heterocycles. The number of aliphatic hydroxyl groups is 2. The molecule has 0 saturated carbocycles. The van der Waals surface area contributed by atoms with Crippen molar-refractivity contribution in [2.45, 2.75) is 74.3 Å². The van der Waals surface area contributed by atoms with Gasteiger partial charge >= 0.3 is 11.9 Å². The third kappa shape index (κ3) is 3.42. The number of hydrogen-bond acceptors (Lipinski definition) is 9. The molecule has 2 aliphatic carbocycles. The van der Waals surface area contributed by atoms with E-state index in [-0.39, 0.29) is 42.5 Å². The number of carbonyl (C=O) groups is 2. The number of aromatic hydroxyl groups is 1. The highest BCUT2D eigenvalue weighted by atomic mass is 16.6. The van der Waals surface area contributed by atoms with Gasteiger partial charge in [0.2, 0.25) is 0 Å². The van der Waals surface area contributed by atoms with Crippen molar-refractivity contribution in [1.29, 1.82) is 0 Å². The Bertz CT molecular complexity index is 1160. The summed E-state index contributed by atoms with van der Waals surface area (Å²) in [5.41, 5.74) is -0.0746. The zero-order valence-corrected chi connectivity index (χ0v) is 20.4. The van der Waals surface area contributed by atoms with Gasteiger partial charge in [0.15, 0.2) is 17.6 Å². The largest absolute Gasteiger partial charge is 0.504 e. The van der Waals surface area contributed by atoms with Crippen molar-refractivity contribution in [1.82, 2.24) is 10.2 Å². The Morgan fingerprint density at radius 2 is 2.14 bits per heavy atom. The summed E-state index contributed by atoms with van der Waals surface area (Å²) in [4.78, 5) is 26.6. The van der Waals surface area contributed by atoms with Gasteiger partial charge in [0.25, 0.3) is 0 Å². The smallest absolute Gasteiger partial charge is 0.326 e. The molecule has 10 nitrogen and oxygen atoms in total. The van der Waals surface area contributed by atoms with E-state index >= 15 is 0 Å². The Balaban J connectivity index is 1.39. The molecule has 2 aliphatic heterocycles. The molecule has 1 aromatic rings. The third-order valence-corrected chi connectivity index (χ3v) is 8.38. The van der Waals surface area contributed by atoms with E-state index in [1.54, 1.807) is 12.1 Å². The Morgan fingerprint density at radius 1 is 1.39 bits per heavy atom. The van der Waals surface area contributed by atoms with E-state index in [1.165, 1.54) is 6.92 Å². The standard InChI is InChI=1S/C26H32N2O8/c1-13(14(2)29)27-16(24(32)33)5-7-20(31)35-18-8-9-26(34)19-12-15-4-6-17(30)22-21(15)25(26,23(18)36-22)10-11-28(19)3/h4,6,8,14,16,19,23,27,29-30,34H,1,5,7,9-12H2,2-3H3,(H,32,33)/t14-,16-,19+,23?,25?,26+/m0/s1. The number of phenolic OH excluding ortho intramolecular Hbond substituents is 1. The highest BCUT2D eigenvalue weighted by Gasteiger charge is 2.72. The highest BCUT2D eigenvalue weighted by molar-refractivity contribution is 5.76. The maximum atomic E-state index is 12.8. The third-order valence-electron chi connectivity index (χ3n) is 8.38. The van der Waals surface area contributed by atoms with Crippen molar-refractivity contribution < 1.29 is 39.5 Å². The number of nitrogens with zero attached hydrogens (tertiary/aromatic N) is 1. The molecule has 1 fully saturated rings. The molecule has 5 N–H and O–H groups in total. The average Bonchev–Trinajstić information content (AvgIpc) is 3.18. The second kappa shape index (κ2) is 8.50. The number of carboxylic acid groups (broad SMARTS) is 1. The molecule has 2 heterocycles. The molecule has 1 aromatic carbocycles. The van der Waals surface area contributed by atoms with E-state index in [0.29, 0.717) is 25.1 Å². The zero-order chi connectivity index (χ0) is 26.0. The summed E-state index contributed by atoms with van der Waals surface area (Å²) in [7, 11) is 1.99. The first-order chi connectivity index (χ1) is 17.0. The van der Waals surface area contributed by atoms with Gasteiger partial charge in [-0.3, -0.25) is 4.79 Å². The van der Waals surface area contributed by atoms with Crippen LogP contribution in [0.5, 0.6) is 11.5 Å². The maximum Gasteiger partial charge on any atom is 0.326 e. The van der Waals surface area contributed by atoms with Crippen LogP contribution in [0.15, 0.2) is 36.2 Å². The molecular weight excluding hydrogens is 468 g/mol. The van der Waals surface area contributed by atoms with E-state index in [9.17, 15) is 30.0 Å². The molecule has 6 atom stereocenters. The summed E-state index contributed by atoms with van der Waals surface area (Å²) < 4.78 is 12.0. The quantitative estimate of drug-likeness (QED) is 0.326. The van der Waals surface area contributed by atoms with Gasteiger partial charge in [0.1, 0.15) is 11.8 Å². The highest BCUT2D eigenvalue weighted by Crippen LogP contribution is 2.65. The van der Waals surface area contributed by atoms with Crippen LogP contribution in [0, 0.1) is 0 Å². The lowest BCUT2D eigenvalue weighted by Gasteiger charge is -2.61. The summed E-state index contributed by atoms with van der Waals surface area (Å²) in [5, 5.41) is 44.4. The maximum absolute atomic E-state index is 12.8. The van der Waals surface area contributed by atoms with Gasteiger partial charge in [-0.05, 0) is 57.5 Å². The van der Waals surface area contributed by atoms with Crippen LogP contribution in [0.25, 0.3) is 0 Å². The van der Waals surface area contributed by atoms with E-state index in [2.05, 4.69) is 16.8 Å². The number of aliphatic carboxylic acids is 1. The Hall–Kier alpha value is -3.08. The summed E-state index contributed by atoms with van der Waals surface area (Å²) in [6, 6.07) is 2.19. The van der Waals surface area contributed by atoms with E-state index < -0.39 is 41.2 Å². The normalized spacial score (nSPS) is 31.4. The molecule has 4 aliphatic rings. The number of ether oxygens (including phenoxy) is 2. The van der Waals surface area contributed by atoms with Gasteiger partial charge in [-0.25, -0.2) is 4.79 Å². The number of benzene rings is 1. The summed E-state index contributed by atoms with van der Waals surface area (Å²) in [6.45, 7) is 5.78. The lowest BCUT2D eigenvalue weighted by molar-refractivity contribution is -0.169. The minimum absolute atomic E-state index is 0.0170. The number of rotatable bonds is 8. The molecular formula is C26H32N2O8. The predicted molar refractivity (Wildman–Crippen MR) is 127 cm³/mol. The lowest BCUT2D eigenvalue weighted by Crippen LogP contribution is -2.74. The van der Waals surface area contributed by atoms with Crippen LogP contribution in [0.2, 0.25) is 0 Å². The van der Waals surface area contributed by atoms with Crippen molar-refractivity contribution in [3.8, 4) is 11.5 Å². The molecule has 2 unspecified atom stereocenters. The summed E-state index contributed by atoms with van der Waals surface area (Å²) >= 11 is 0. The Morgan fingerprint density at radius 3 is 2.83 bits per heavy atom. The number of nitrogens with one attached hydrogen (secondary N) is 1. The van der Waals surface area contributed by atoms with E-state index in [0.717, 1.165) is 11.1 Å². The van der Waals surface area contributed by atoms with Gasteiger partial charge in [0, 0.05) is 30.1 Å². The van der Waals surface area contributed by atoms with Gasteiger partial charge in [-0.2, -0.15) is 0 Å². The number of piperidine rings is 1. The van der Waals surface area contributed by atoms with Crippen LogP contribution >= 0.6 is 0 Å².